The number of ether oxygens (including phenoxy) is 1. The SMILES string of the molecule is CCCCCCCCCCCCCCCCC(CCCCCCCCCCCCCCCC)[C]1CCO1. The first-order valence-electron chi connectivity index (χ1n) is 17.9. The second kappa shape index (κ2) is 29.0. The molecule has 0 saturated carbocycles. The van der Waals surface area contributed by atoms with Crippen molar-refractivity contribution in [2.75, 3.05) is 6.61 Å². The first kappa shape index (κ1) is 35.0. The van der Waals surface area contributed by atoms with Gasteiger partial charge in [-0.15, -0.1) is 0 Å². The first-order chi connectivity index (χ1) is 18.4. The molecule has 0 aromatic carbocycles. The molecule has 1 aliphatic rings. The van der Waals surface area contributed by atoms with Crippen LogP contribution in [-0.4, -0.2) is 6.61 Å². The zero-order chi connectivity index (χ0) is 26.5. The highest BCUT2D eigenvalue weighted by atomic mass is 16.5. The summed E-state index contributed by atoms with van der Waals surface area (Å²) in [6.45, 7) is 5.60. The summed E-state index contributed by atoms with van der Waals surface area (Å²) in [4.78, 5) is 0. The summed E-state index contributed by atoms with van der Waals surface area (Å²) in [5.41, 5.74) is 0. The smallest absolute Gasteiger partial charge is 0.102 e. The summed E-state index contributed by atoms with van der Waals surface area (Å²) in [5.74, 6) is 0.781. The minimum Gasteiger partial charge on any atom is -0.371 e. The molecule has 0 spiro atoms. The van der Waals surface area contributed by atoms with Crippen molar-refractivity contribution >= 4 is 0 Å². The van der Waals surface area contributed by atoms with Crippen LogP contribution in [0.3, 0.4) is 0 Å². The van der Waals surface area contributed by atoms with Gasteiger partial charge in [0.1, 0.15) is 6.10 Å². The molecule has 0 bridgehead atoms. The van der Waals surface area contributed by atoms with Gasteiger partial charge in [-0.1, -0.05) is 194 Å². The van der Waals surface area contributed by atoms with Crippen LogP contribution in [0.5, 0.6) is 0 Å². The molecule has 1 heterocycles. The molecule has 1 radical (unpaired) electrons. The van der Waals surface area contributed by atoms with Gasteiger partial charge in [-0.2, -0.15) is 0 Å². The maximum atomic E-state index is 5.85. The van der Waals surface area contributed by atoms with Crippen molar-refractivity contribution in [2.24, 2.45) is 5.92 Å². The lowest BCUT2D eigenvalue weighted by atomic mass is 9.86. The highest BCUT2D eigenvalue weighted by molar-refractivity contribution is 4.93. The molecule has 1 aliphatic heterocycles. The predicted octanol–water partition coefficient (Wildman–Crippen LogP) is 13.3. The van der Waals surface area contributed by atoms with Crippen molar-refractivity contribution in [1.29, 1.82) is 0 Å². The van der Waals surface area contributed by atoms with Crippen molar-refractivity contribution in [1.82, 2.24) is 0 Å². The summed E-state index contributed by atoms with van der Waals surface area (Å²) >= 11 is 0. The van der Waals surface area contributed by atoms with Crippen molar-refractivity contribution in [3.8, 4) is 0 Å². The van der Waals surface area contributed by atoms with E-state index >= 15 is 0 Å². The van der Waals surface area contributed by atoms with Crippen LogP contribution >= 0.6 is 0 Å². The van der Waals surface area contributed by atoms with E-state index in [2.05, 4.69) is 13.8 Å². The maximum absolute atomic E-state index is 5.85. The molecule has 0 aromatic heterocycles. The standard InChI is InChI=1S/C36H71O/c1-3-5-7-9-11-13-15-17-19-21-23-25-27-29-31-35(36-33-34-37-36)32-30-28-26-24-22-20-18-16-14-12-10-8-6-4-2/h35H,3-34H2,1-2H3. The third-order valence-corrected chi connectivity index (χ3v) is 8.90. The van der Waals surface area contributed by atoms with E-state index in [4.69, 9.17) is 4.74 Å². The van der Waals surface area contributed by atoms with Crippen LogP contribution in [0.4, 0.5) is 0 Å². The molecule has 0 N–H and O–H groups in total. The summed E-state index contributed by atoms with van der Waals surface area (Å²) in [7, 11) is 0. The third-order valence-electron chi connectivity index (χ3n) is 8.90. The minimum absolute atomic E-state index is 0.781. The minimum atomic E-state index is 0.781. The van der Waals surface area contributed by atoms with Gasteiger partial charge < -0.3 is 4.74 Å². The molecule has 221 valence electrons. The Kier molecular flexibility index (Phi) is 27.4. The number of rotatable bonds is 31. The molecule has 0 atom stereocenters. The van der Waals surface area contributed by atoms with Crippen LogP contribution in [-0.2, 0) is 4.74 Å². The first-order valence-corrected chi connectivity index (χ1v) is 17.9. The summed E-state index contributed by atoms with van der Waals surface area (Å²) in [5, 5.41) is 0. The van der Waals surface area contributed by atoms with Crippen molar-refractivity contribution < 1.29 is 4.74 Å². The van der Waals surface area contributed by atoms with E-state index in [1.54, 1.807) is 0 Å². The summed E-state index contributed by atoms with van der Waals surface area (Å²) < 4.78 is 5.85. The average Bonchev–Trinajstić information content (AvgIpc) is 2.87. The lowest BCUT2D eigenvalue weighted by molar-refractivity contribution is 0.00198. The Labute approximate surface area is 236 Å². The fourth-order valence-corrected chi connectivity index (χ4v) is 6.18. The predicted molar refractivity (Wildman–Crippen MR) is 167 cm³/mol. The molecule has 0 unspecified atom stereocenters. The third kappa shape index (κ3) is 23.6. The van der Waals surface area contributed by atoms with Gasteiger partial charge in [-0.05, 0) is 18.8 Å². The van der Waals surface area contributed by atoms with E-state index in [1.807, 2.05) is 0 Å². The van der Waals surface area contributed by atoms with E-state index in [1.165, 1.54) is 205 Å². The Bertz CT molecular complexity index is 383. The molecular weight excluding hydrogens is 448 g/mol. The Morgan fingerprint density at radius 1 is 0.405 bits per heavy atom. The fraction of sp³-hybridized carbons (Fsp3) is 0.972. The van der Waals surface area contributed by atoms with Gasteiger partial charge in [-0.25, -0.2) is 0 Å². The van der Waals surface area contributed by atoms with Crippen molar-refractivity contribution in [3.05, 3.63) is 6.10 Å². The van der Waals surface area contributed by atoms with E-state index in [9.17, 15) is 0 Å². The van der Waals surface area contributed by atoms with Crippen LogP contribution in [0.2, 0.25) is 0 Å². The molecule has 1 fully saturated rings. The lowest BCUT2D eigenvalue weighted by Crippen LogP contribution is -2.26. The van der Waals surface area contributed by atoms with Crippen molar-refractivity contribution in [2.45, 2.75) is 213 Å². The summed E-state index contributed by atoms with van der Waals surface area (Å²) in [6.07, 6.45) is 46.3. The molecule has 0 amide bonds. The molecule has 1 nitrogen and oxygen atoms in total. The van der Waals surface area contributed by atoms with Crippen LogP contribution in [0.1, 0.15) is 213 Å². The highest BCUT2D eigenvalue weighted by Gasteiger charge is 2.28. The highest BCUT2D eigenvalue weighted by Crippen LogP contribution is 2.35. The second-order valence-corrected chi connectivity index (χ2v) is 12.5. The Balaban J connectivity index is 1.85. The quantitative estimate of drug-likeness (QED) is 0.0827. The molecule has 1 heteroatoms. The fourth-order valence-electron chi connectivity index (χ4n) is 6.18. The Morgan fingerprint density at radius 3 is 0.865 bits per heavy atom. The van der Waals surface area contributed by atoms with Gasteiger partial charge in [0.2, 0.25) is 0 Å². The van der Waals surface area contributed by atoms with Crippen LogP contribution in [0.15, 0.2) is 0 Å². The van der Waals surface area contributed by atoms with E-state index in [0.29, 0.717) is 0 Å². The number of unbranched alkanes of at least 4 members (excludes halogenated alkanes) is 26. The van der Waals surface area contributed by atoms with E-state index in [0.717, 1.165) is 12.5 Å². The number of hydrogen-bond donors (Lipinski definition) is 0. The van der Waals surface area contributed by atoms with Gasteiger partial charge in [0, 0.05) is 6.42 Å². The second-order valence-electron chi connectivity index (χ2n) is 12.5. The van der Waals surface area contributed by atoms with E-state index in [-0.39, 0.29) is 0 Å². The van der Waals surface area contributed by atoms with Crippen molar-refractivity contribution in [3.63, 3.8) is 0 Å². The van der Waals surface area contributed by atoms with Crippen LogP contribution < -0.4 is 0 Å². The zero-order valence-corrected chi connectivity index (χ0v) is 26.1. The number of hydrogen-bond acceptors (Lipinski definition) is 1. The molecule has 1 saturated heterocycles. The van der Waals surface area contributed by atoms with Gasteiger partial charge in [0.15, 0.2) is 0 Å². The van der Waals surface area contributed by atoms with Crippen LogP contribution in [0, 0.1) is 12.0 Å². The van der Waals surface area contributed by atoms with Gasteiger partial charge in [-0.3, -0.25) is 0 Å². The van der Waals surface area contributed by atoms with Gasteiger partial charge >= 0.3 is 0 Å². The Hall–Kier alpha value is -0.0400. The normalized spacial score (nSPS) is 14.0. The average molecular weight is 520 g/mol. The molecule has 0 aromatic rings. The monoisotopic (exact) mass is 520 g/mol. The largest absolute Gasteiger partial charge is 0.371 e. The lowest BCUT2D eigenvalue weighted by Gasteiger charge is -2.33. The zero-order valence-electron chi connectivity index (χ0n) is 26.1. The maximum Gasteiger partial charge on any atom is 0.102 e. The molecule has 37 heavy (non-hydrogen) atoms. The topological polar surface area (TPSA) is 9.23 Å². The van der Waals surface area contributed by atoms with Gasteiger partial charge in [0.05, 0.1) is 6.61 Å². The van der Waals surface area contributed by atoms with Crippen LogP contribution in [0.25, 0.3) is 0 Å². The van der Waals surface area contributed by atoms with Gasteiger partial charge in [0.25, 0.3) is 0 Å². The molecule has 0 aliphatic carbocycles. The van der Waals surface area contributed by atoms with E-state index < -0.39 is 0 Å². The Morgan fingerprint density at radius 2 is 0.649 bits per heavy atom. The summed E-state index contributed by atoms with van der Waals surface area (Å²) in [6, 6.07) is 0. The molecule has 1 rings (SSSR count). The molecular formula is C36H71O.